The number of hydrogen-bond acceptors (Lipinski definition) is 4. The Morgan fingerprint density at radius 3 is 2.94 bits per heavy atom. The molecule has 4 nitrogen and oxygen atoms in total. The van der Waals surface area contributed by atoms with Crippen molar-refractivity contribution in [2.45, 2.75) is 31.6 Å². The summed E-state index contributed by atoms with van der Waals surface area (Å²) < 4.78 is 6.57. The van der Waals surface area contributed by atoms with Gasteiger partial charge in [0, 0.05) is 21.3 Å². The first-order valence-electron chi connectivity index (χ1n) is 5.55. The van der Waals surface area contributed by atoms with Crippen molar-refractivity contribution in [2.75, 3.05) is 6.54 Å². The van der Waals surface area contributed by atoms with Crippen molar-refractivity contribution < 1.29 is 9.53 Å². The van der Waals surface area contributed by atoms with Crippen LogP contribution in [0.5, 0.6) is 0 Å². The van der Waals surface area contributed by atoms with Crippen LogP contribution in [-0.4, -0.2) is 24.7 Å². The maximum absolute atomic E-state index is 11.8. The van der Waals surface area contributed by atoms with Gasteiger partial charge in [0.2, 0.25) is 5.91 Å². The summed E-state index contributed by atoms with van der Waals surface area (Å²) in [6, 6.07) is 2.00. The molecule has 1 aliphatic rings. The molecule has 2 atom stereocenters. The first-order valence-corrected chi connectivity index (χ1v) is 7.22. The second-order valence-electron chi connectivity index (χ2n) is 4.01. The lowest BCUT2D eigenvalue weighted by molar-refractivity contribution is -0.132. The molecule has 0 radical (unpaired) electrons. The van der Waals surface area contributed by atoms with E-state index in [2.05, 4.69) is 21.2 Å². The Morgan fingerprint density at radius 1 is 1.61 bits per heavy atom. The Bertz CT molecular complexity index is 402. The minimum Gasteiger partial charge on any atom is -0.364 e. The normalized spacial score (nSPS) is 22.6. The number of hydrogen-bond donors (Lipinski definition) is 2. The highest BCUT2D eigenvalue weighted by atomic mass is 79.9. The molecule has 0 unspecified atom stereocenters. The number of nitrogens with two attached hydrogens (primary N) is 1. The number of carbonyl (C=O) groups is 1. The molecule has 1 amide bonds. The average molecular weight is 356 g/mol. The van der Waals surface area contributed by atoms with Gasteiger partial charge in [-0.2, -0.15) is 0 Å². The zero-order valence-corrected chi connectivity index (χ0v) is 12.9. The van der Waals surface area contributed by atoms with Gasteiger partial charge in [0.15, 0.2) is 0 Å². The van der Waals surface area contributed by atoms with E-state index in [1.54, 1.807) is 11.3 Å². The van der Waals surface area contributed by atoms with Crippen molar-refractivity contribution in [3.05, 3.63) is 20.8 Å². The molecule has 7 heteroatoms. The molecule has 3 N–H and O–H groups in total. The minimum absolute atomic E-state index is 0. The molecular weight excluding hydrogens is 340 g/mol. The van der Waals surface area contributed by atoms with Gasteiger partial charge in [0.25, 0.3) is 0 Å². The maximum atomic E-state index is 11.8. The standard InChI is InChI=1S/C11H15BrN2O2S.ClH/c12-7-3-9(17-6-7)5-14-11(15)10-2-1-8(4-13)16-10;/h3,6,8,10H,1-2,4-5,13H2,(H,14,15);1H/t8-,10+;/m1./s1. The third-order valence-electron chi connectivity index (χ3n) is 2.72. The van der Waals surface area contributed by atoms with Crippen LogP contribution in [0.3, 0.4) is 0 Å². The van der Waals surface area contributed by atoms with Crippen LogP contribution in [0.1, 0.15) is 17.7 Å². The highest BCUT2D eigenvalue weighted by Gasteiger charge is 2.29. The summed E-state index contributed by atoms with van der Waals surface area (Å²) in [6.07, 6.45) is 1.36. The summed E-state index contributed by atoms with van der Waals surface area (Å²) in [5.41, 5.74) is 5.50. The molecule has 2 heterocycles. The fourth-order valence-electron chi connectivity index (χ4n) is 1.81. The number of rotatable bonds is 4. The molecule has 0 bridgehead atoms. The summed E-state index contributed by atoms with van der Waals surface area (Å²) in [4.78, 5) is 12.9. The number of ether oxygens (including phenoxy) is 1. The van der Waals surface area contributed by atoms with E-state index in [9.17, 15) is 4.79 Å². The van der Waals surface area contributed by atoms with E-state index in [0.717, 1.165) is 22.2 Å². The number of carbonyl (C=O) groups excluding carboxylic acids is 1. The van der Waals surface area contributed by atoms with E-state index in [4.69, 9.17) is 10.5 Å². The fourth-order valence-corrected chi connectivity index (χ4v) is 3.20. The summed E-state index contributed by atoms with van der Waals surface area (Å²) in [6.45, 7) is 1.05. The Labute approximate surface area is 125 Å². The molecule has 1 aromatic rings. The number of halogens is 2. The van der Waals surface area contributed by atoms with Crippen molar-refractivity contribution in [3.8, 4) is 0 Å². The topological polar surface area (TPSA) is 64.4 Å². The van der Waals surface area contributed by atoms with Gasteiger partial charge in [0.05, 0.1) is 12.6 Å². The van der Waals surface area contributed by atoms with Crippen molar-refractivity contribution in [2.24, 2.45) is 5.73 Å². The average Bonchev–Trinajstić information content (AvgIpc) is 2.94. The monoisotopic (exact) mass is 354 g/mol. The second kappa shape index (κ2) is 7.45. The molecular formula is C11H16BrClN2O2S. The van der Waals surface area contributed by atoms with Gasteiger partial charge in [-0.3, -0.25) is 4.79 Å². The Kier molecular flexibility index (Phi) is 6.59. The number of nitrogens with one attached hydrogen (secondary N) is 1. The summed E-state index contributed by atoms with van der Waals surface area (Å²) in [5, 5.41) is 4.88. The third kappa shape index (κ3) is 4.20. The number of amides is 1. The van der Waals surface area contributed by atoms with Crippen LogP contribution in [-0.2, 0) is 16.1 Å². The van der Waals surface area contributed by atoms with Gasteiger partial charge in [0.1, 0.15) is 6.10 Å². The summed E-state index contributed by atoms with van der Waals surface area (Å²) in [5.74, 6) is -0.0366. The molecule has 18 heavy (non-hydrogen) atoms. The minimum atomic E-state index is -0.327. The van der Waals surface area contributed by atoms with E-state index in [0.29, 0.717) is 13.1 Å². The molecule has 1 aliphatic heterocycles. The van der Waals surface area contributed by atoms with Crippen LogP contribution in [0.2, 0.25) is 0 Å². The van der Waals surface area contributed by atoms with Gasteiger partial charge in [-0.05, 0) is 34.8 Å². The molecule has 0 aromatic carbocycles. The molecule has 0 aliphatic carbocycles. The maximum Gasteiger partial charge on any atom is 0.249 e. The second-order valence-corrected chi connectivity index (χ2v) is 5.92. The smallest absolute Gasteiger partial charge is 0.249 e. The predicted octanol–water partition coefficient (Wildman–Crippen LogP) is 2.05. The van der Waals surface area contributed by atoms with Gasteiger partial charge < -0.3 is 15.8 Å². The van der Waals surface area contributed by atoms with E-state index < -0.39 is 0 Å². The first-order chi connectivity index (χ1) is 8.19. The lowest BCUT2D eigenvalue weighted by Crippen LogP contribution is -2.34. The zero-order valence-electron chi connectivity index (χ0n) is 9.73. The van der Waals surface area contributed by atoms with Crippen molar-refractivity contribution >= 4 is 45.6 Å². The highest BCUT2D eigenvalue weighted by molar-refractivity contribution is 9.10. The van der Waals surface area contributed by atoms with Crippen molar-refractivity contribution in [1.29, 1.82) is 0 Å². The van der Waals surface area contributed by atoms with Gasteiger partial charge in [-0.15, -0.1) is 23.7 Å². The zero-order chi connectivity index (χ0) is 12.3. The molecule has 1 saturated heterocycles. The van der Waals surface area contributed by atoms with Crippen LogP contribution in [0.25, 0.3) is 0 Å². The van der Waals surface area contributed by atoms with Crippen LogP contribution in [0.4, 0.5) is 0 Å². The van der Waals surface area contributed by atoms with Gasteiger partial charge in [-0.1, -0.05) is 0 Å². The van der Waals surface area contributed by atoms with E-state index in [-0.39, 0.29) is 30.5 Å². The van der Waals surface area contributed by atoms with Gasteiger partial charge in [-0.25, -0.2) is 0 Å². The lowest BCUT2D eigenvalue weighted by Gasteiger charge is -2.12. The predicted molar refractivity (Wildman–Crippen MR) is 78.1 cm³/mol. The fraction of sp³-hybridized carbons (Fsp3) is 0.545. The van der Waals surface area contributed by atoms with Crippen LogP contribution in [0, 0.1) is 0 Å². The Balaban J connectivity index is 0.00000162. The highest BCUT2D eigenvalue weighted by Crippen LogP contribution is 2.21. The molecule has 1 aromatic heterocycles. The molecule has 2 rings (SSSR count). The van der Waals surface area contributed by atoms with Crippen LogP contribution < -0.4 is 11.1 Å². The van der Waals surface area contributed by atoms with Crippen LogP contribution in [0.15, 0.2) is 15.9 Å². The summed E-state index contributed by atoms with van der Waals surface area (Å²) >= 11 is 5.00. The number of thiophene rings is 1. The van der Waals surface area contributed by atoms with Crippen molar-refractivity contribution in [1.82, 2.24) is 5.32 Å². The largest absolute Gasteiger partial charge is 0.364 e. The van der Waals surface area contributed by atoms with E-state index in [1.165, 1.54) is 0 Å². The molecule has 0 spiro atoms. The Morgan fingerprint density at radius 2 is 2.39 bits per heavy atom. The summed E-state index contributed by atoms with van der Waals surface area (Å²) in [7, 11) is 0. The molecule has 1 fully saturated rings. The first kappa shape index (κ1) is 15.9. The lowest BCUT2D eigenvalue weighted by atomic mass is 10.2. The van der Waals surface area contributed by atoms with E-state index in [1.807, 2.05) is 11.4 Å². The molecule has 0 saturated carbocycles. The third-order valence-corrected chi connectivity index (χ3v) is 4.42. The van der Waals surface area contributed by atoms with Crippen LogP contribution >= 0.6 is 39.7 Å². The van der Waals surface area contributed by atoms with Crippen molar-refractivity contribution in [3.63, 3.8) is 0 Å². The van der Waals surface area contributed by atoms with Gasteiger partial charge >= 0.3 is 0 Å². The SMILES string of the molecule is Cl.NC[C@H]1CC[C@@H](C(=O)NCc2cc(Br)cs2)O1. The van der Waals surface area contributed by atoms with E-state index >= 15 is 0 Å². The molecule has 102 valence electrons. The Hall–Kier alpha value is -0.140. The quantitative estimate of drug-likeness (QED) is 0.869.